The Hall–Kier alpha value is 0.290. The molecule has 0 spiro atoms. The van der Waals surface area contributed by atoms with Gasteiger partial charge in [-0.25, -0.2) is 0 Å². The highest BCUT2D eigenvalue weighted by Gasteiger charge is 2.68. The number of fused-ring (bicyclic) bond motifs is 4. The molecule has 0 heterocycles. The zero-order valence-corrected chi connectivity index (χ0v) is 7.30. The number of halogens is 1. The summed E-state index contributed by atoms with van der Waals surface area (Å²) in [7, 11) is 0. The second-order valence-electron chi connectivity index (χ2n) is 5.14. The van der Waals surface area contributed by atoms with Gasteiger partial charge in [0.1, 0.15) is 0 Å². The zero-order valence-electron chi connectivity index (χ0n) is 6.54. The summed E-state index contributed by atoms with van der Waals surface area (Å²) in [5.41, 5.74) is 0. The third-order valence-electron chi connectivity index (χ3n) is 4.95. The molecule has 0 aromatic carbocycles. The van der Waals surface area contributed by atoms with Crippen LogP contribution in [0, 0.1) is 35.5 Å². The molecule has 4 saturated carbocycles. The fourth-order valence-electron chi connectivity index (χ4n) is 4.61. The van der Waals surface area contributed by atoms with Gasteiger partial charge in [0.25, 0.3) is 0 Å². The average Bonchev–Trinajstić information content (AvgIpc) is 2.62. The van der Waals surface area contributed by atoms with Gasteiger partial charge >= 0.3 is 0 Å². The van der Waals surface area contributed by atoms with Gasteiger partial charge in [0.2, 0.25) is 0 Å². The maximum absolute atomic E-state index is 6.39. The third-order valence-corrected chi connectivity index (χ3v) is 5.59. The van der Waals surface area contributed by atoms with Gasteiger partial charge in [-0.2, -0.15) is 0 Å². The summed E-state index contributed by atoms with van der Waals surface area (Å²) >= 11 is 6.39. The van der Waals surface area contributed by atoms with E-state index in [-0.39, 0.29) is 0 Å². The fraction of sp³-hybridized carbons (Fsp3) is 1.00. The average molecular weight is 169 g/mol. The van der Waals surface area contributed by atoms with Crippen LogP contribution >= 0.6 is 11.6 Å². The maximum atomic E-state index is 6.39. The third kappa shape index (κ3) is 0.482. The minimum atomic E-state index is 0.595. The van der Waals surface area contributed by atoms with Crippen molar-refractivity contribution in [3.8, 4) is 0 Å². The van der Waals surface area contributed by atoms with Gasteiger partial charge in [-0.05, 0) is 54.8 Å². The van der Waals surface area contributed by atoms with Gasteiger partial charge in [-0.3, -0.25) is 0 Å². The maximum Gasteiger partial charge on any atom is 0.0398 e. The second kappa shape index (κ2) is 1.51. The number of rotatable bonds is 0. The summed E-state index contributed by atoms with van der Waals surface area (Å²) < 4.78 is 0. The van der Waals surface area contributed by atoms with E-state index < -0.39 is 0 Å². The number of alkyl halides is 1. The second-order valence-corrected chi connectivity index (χ2v) is 5.65. The fourth-order valence-corrected chi connectivity index (χ4v) is 5.19. The lowest BCUT2D eigenvalue weighted by atomic mass is 9.84. The monoisotopic (exact) mass is 168 g/mol. The molecule has 0 saturated heterocycles. The molecular formula is C10H13Cl. The van der Waals surface area contributed by atoms with Crippen LogP contribution in [0.1, 0.15) is 19.3 Å². The molecular weight excluding hydrogens is 156 g/mol. The smallest absolute Gasteiger partial charge is 0.0398 e. The standard InChI is InChI=1S/C10H13Cl/c11-10-4-1-7-5-3-6(5)8(2-4)9(7)10/h4-10H,1-3H2. The molecule has 5 atom stereocenters. The van der Waals surface area contributed by atoms with Crippen molar-refractivity contribution in [1.29, 1.82) is 0 Å². The van der Waals surface area contributed by atoms with Gasteiger partial charge in [0.05, 0.1) is 0 Å². The first-order valence-corrected chi connectivity index (χ1v) is 5.44. The van der Waals surface area contributed by atoms with E-state index in [4.69, 9.17) is 11.6 Å². The zero-order chi connectivity index (χ0) is 7.16. The Kier molecular flexibility index (Phi) is 0.801. The van der Waals surface area contributed by atoms with E-state index in [1.807, 2.05) is 0 Å². The normalized spacial score (nSPS) is 75.5. The Labute approximate surface area is 72.3 Å². The molecule has 4 aliphatic rings. The largest absolute Gasteiger partial charge is 0.122 e. The number of hydrogen-bond donors (Lipinski definition) is 0. The molecule has 60 valence electrons. The lowest BCUT2D eigenvalue weighted by Gasteiger charge is -2.21. The highest BCUT2D eigenvalue weighted by atomic mass is 35.5. The van der Waals surface area contributed by atoms with Crippen LogP contribution in [-0.4, -0.2) is 5.38 Å². The van der Waals surface area contributed by atoms with Crippen molar-refractivity contribution in [2.24, 2.45) is 35.5 Å². The molecule has 0 aliphatic heterocycles. The van der Waals surface area contributed by atoms with E-state index in [0.717, 1.165) is 35.5 Å². The molecule has 0 aromatic heterocycles. The topological polar surface area (TPSA) is 0 Å². The molecule has 0 radical (unpaired) electrons. The Morgan fingerprint density at radius 3 is 1.91 bits per heavy atom. The van der Waals surface area contributed by atoms with E-state index in [0.29, 0.717) is 5.38 Å². The predicted octanol–water partition coefficient (Wildman–Crippen LogP) is 2.52. The molecule has 4 fully saturated rings. The molecule has 11 heavy (non-hydrogen) atoms. The van der Waals surface area contributed by atoms with E-state index in [9.17, 15) is 0 Å². The van der Waals surface area contributed by atoms with Crippen molar-refractivity contribution in [2.75, 3.05) is 0 Å². The Bertz CT molecular complexity index is 207. The summed E-state index contributed by atoms with van der Waals surface area (Å²) in [6.45, 7) is 0. The molecule has 0 aromatic rings. The first-order chi connectivity index (χ1) is 5.36. The van der Waals surface area contributed by atoms with Gasteiger partial charge in [-0.1, -0.05) is 0 Å². The first kappa shape index (κ1) is 5.85. The predicted molar refractivity (Wildman–Crippen MR) is 44.4 cm³/mol. The summed E-state index contributed by atoms with van der Waals surface area (Å²) in [5, 5.41) is 0.595. The molecule has 4 aliphatic carbocycles. The molecule has 5 unspecified atom stereocenters. The highest BCUT2D eigenvalue weighted by molar-refractivity contribution is 6.21. The quantitative estimate of drug-likeness (QED) is 0.488. The van der Waals surface area contributed by atoms with Crippen LogP contribution in [0.25, 0.3) is 0 Å². The van der Waals surface area contributed by atoms with Gasteiger partial charge in [-0.15, -0.1) is 11.6 Å². The number of hydrogen-bond acceptors (Lipinski definition) is 0. The van der Waals surface area contributed by atoms with Gasteiger partial charge in [0.15, 0.2) is 0 Å². The van der Waals surface area contributed by atoms with Crippen LogP contribution in [0.15, 0.2) is 0 Å². The van der Waals surface area contributed by atoms with Crippen LogP contribution in [0.4, 0.5) is 0 Å². The minimum absolute atomic E-state index is 0.595. The molecule has 0 N–H and O–H groups in total. The Morgan fingerprint density at radius 2 is 1.45 bits per heavy atom. The van der Waals surface area contributed by atoms with Gasteiger partial charge < -0.3 is 0 Å². The molecule has 1 heteroatoms. The molecule has 2 bridgehead atoms. The van der Waals surface area contributed by atoms with Crippen molar-refractivity contribution >= 4 is 11.6 Å². The summed E-state index contributed by atoms with van der Waals surface area (Å²) in [6.07, 6.45) is 4.56. The Balaban J connectivity index is 1.85. The van der Waals surface area contributed by atoms with Crippen molar-refractivity contribution in [3.05, 3.63) is 0 Å². The lowest BCUT2D eigenvalue weighted by molar-refractivity contribution is 0.275. The van der Waals surface area contributed by atoms with E-state index in [2.05, 4.69) is 0 Å². The summed E-state index contributed by atoms with van der Waals surface area (Å²) in [4.78, 5) is 0. The van der Waals surface area contributed by atoms with Crippen LogP contribution < -0.4 is 0 Å². The summed E-state index contributed by atoms with van der Waals surface area (Å²) in [6, 6.07) is 0. The van der Waals surface area contributed by atoms with Crippen LogP contribution in [0.2, 0.25) is 0 Å². The van der Waals surface area contributed by atoms with Crippen LogP contribution in [0.5, 0.6) is 0 Å². The minimum Gasteiger partial charge on any atom is -0.122 e. The SMILES string of the molecule is ClC1C2CC3C4CC4C(C2)C13. The summed E-state index contributed by atoms with van der Waals surface area (Å²) in [5.74, 6) is 6.39. The van der Waals surface area contributed by atoms with E-state index in [1.54, 1.807) is 6.42 Å². The highest BCUT2D eigenvalue weighted by Crippen LogP contribution is 2.73. The van der Waals surface area contributed by atoms with E-state index >= 15 is 0 Å². The van der Waals surface area contributed by atoms with Crippen molar-refractivity contribution in [3.63, 3.8) is 0 Å². The molecule has 0 amide bonds. The van der Waals surface area contributed by atoms with Crippen LogP contribution in [0.3, 0.4) is 0 Å². The van der Waals surface area contributed by atoms with Gasteiger partial charge in [0, 0.05) is 5.38 Å². The molecule has 4 rings (SSSR count). The lowest BCUT2D eigenvalue weighted by Crippen LogP contribution is -2.17. The molecule has 0 nitrogen and oxygen atoms in total. The first-order valence-electron chi connectivity index (χ1n) is 5.00. The van der Waals surface area contributed by atoms with Crippen LogP contribution in [-0.2, 0) is 0 Å². The van der Waals surface area contributed by atoms with Crippen molar-refractivity contribution < 1.29 is 0 Å². The van der Waals surface area contributed by atoms with Crippen molar-refractivity contribution in [1.82, 2.24) is 0 Å². The van der Waals surface area contributed by atoms with E-state index in [1.165, 1.54) is 12.8 Å². The Morgan fingerprint density at radius 1 is 0.818 bits per heavy atom. The van der Waals surface area contributed by atoms with Crippen molar-refractivity contribution in [2.45, 2.75) is 24.6 Å².